The molecule has 0 N–H and O–H groups in total. The topological polar surface area (TPSA) is 74.9 Å². The van der Waals surface area contributed by atoms with Crippen LogP contribution in [0.3, 0.4) is 0 Å². The van der Waals surface area contributed by atoms with Gasteiger partial charge in [0.15, 0.2) is 17.3 Å². The molecule has 9 heteroatoms. The Morgan fingerprint density at radius 2 is 1.73 bits per heavy atom. The molecule has 7 nitrogen and oxygen atoms in total. The van der Waals surface area contributed by atoms with Crippen LogP contribution in [0, 0.1) is 6.92 Å². The van der Waals surface area contributed by atoms with Crippen molar-refractivity contribution in [3.63, 3.8) is 0 Å². The van der Waals surface area contributed by atoms with Crippen molar-refractivity contribution in [3.05, 3.63) is 114 Å². The fraction of sp³-hybridized carbons (Fsp3) is 0.229. The molecule has 0 unspecified atom stereocenters. The first-order valence-electron chi connectivity index (χ1n) is 14.3. The van der Waals surface area contributed by atoms with E-state index in [1.165, 1.54) is 4.68 Å². The maximum atomic E-state index is 13.9. The number of nitrogens with zero attached hydrogens (tertiary/aromatic N) is 3. The number of aryl methyl sites for hydroxylation is 1. The van der Waals surface area contributed by atoms with E-state index in [1.54, 1.807) is 19.4 Å². The zero-order chi connectivity index (χ0) is 31.4. The highest BCUT2D eigenvalue weighted by atomic mass is 79.9. The first-order valence-corrected chi connectivity index (χ1v) is 15.9. The van der Waals surface area contributed by atoms with Gasteiger partial charge in [-0.3, -0.25) is 4.79 Å². The van der Waals surface area contributed by atoms with Gasteiger partial charge in [0.25, 0.3) is 5.56 Å². The average Bonchev–Trinajstić information content (AvgIpc) is 3.01. The summed E-state index contributed by atoms with van der Waals surface area (Å²) in [5.41, 5.74) is 4.84. The summed E-state index contributed by atoms with van der Waals surface area (Å²) >= 11 is 7.12. The van der Waals surface area contributed by atoms with Gasteiger partial charge in [-0.1, -0.05) is 54.0 Å². The van der Waals surface area contributed by atoms with E-state index in [0.29, 0.717) is 45.9 Å². The molecular formula is C35H33Br2N3O4. The quantitative estimate of drug-likeness (QED) is 0.135. The molecule has 0 fully saturated rings. The number of rotatable bonds is 10. The predicted octanol–water partition coefficient (Wildman–Crippen LogP) is 8.89. The summed E-state index contributed by atoms with van der Waals surface area (Å²) in [5, 5.41) is 5.18. The van der Waals surface area contributed by atoms with Gasteiger partial charge in [-0.2, -0.15) is 9.78 Å². The Morgan fingerprint density at radius 3 is 2.43 bits per heavy atom. The number of benzene rings is 4. The number of hydrogen-bond donors (Lipinski definition) is 0. The highest BCUT2D eigenvalue weighted by molar-refractivity contribution is 9.10. The Kier molecular flexibility index (Phi) is 9.86. The number of ether oxygens (including phenoxy) is 3. The van der Waals surface area contributed by atoms with E-state index < -0.39 is 0 Å². The summed E-state index contributed by atoms with van der Waals surface area (Å²) < 4.78 is 20.9. The van der Waals surface area contributed by atoms with Crippen LogP contribution in [-0.2, 0) is 6.61 Å². The van der Waals surface area contributed by atoms with E-state index >= 15 is 0 Å². The standard InChI is InChI=1S/C35H33Br2N3O4/c1-6-43-32-17-24(16-29(37)33(32)44-20-23-11-13-25(36)14-12-23)19-38-40-34(39-30-10-8-7-9-26(30)35(40)41)28-18-27(21(2)3)31(42-5)15-22(28)4/h7-19,21H,6,20H2,1-5H3. The molecule has 0 saturated heterocycles. The number of para-hydroxylation sites is 1. The maximum Gasteiger partial charge on any atom is 0.282 e. The van der Waals surface area contributed by atoms with Crippen LogP contribution in [0.15, 0.2) is 91.6 Å². The molecule has 0 saturated carbocycles. The van der Waals surface area contributed by atoms with Crippen molar-refractivity contribution in [3.8, 4) is 28.6 Å². The number of methoxy groups -OCH3 is 1. The van der Waals surface area contributed by atoms with Crippen LogP contribution < -0.4 is 19.8 Å². The van der Waals surface area contributed by atoms with Gasteiger partial charge in [0.1, 0.15) is 12.4 Å². The van der Waals surface area contributed by atoms with E-state index in [-0.39, 0.29) is 11.5 Å². The normalized spacial score (nSPS) is 11.5. The molecule has 0 amide bonds. The molecule has 1 heterocycles. The lowest BCUT2D eigenvalue weighted by molar-refractivity contribution is 0.267. The van der Waals surface area contributed by atoms with Crippen molar-refractivity contribution >= 4 is 49.0 Å². The monoisotopic (exact) mass is 717 g/mol. The minimum atomic E-state index is -0.262. The fourth-order valence-electron chi connectivity index (χ4n) is 4.90. The fourth-order valence-corrected chi connectivity index (χ4v) is 5.74. The van der Waals surface area contributed by atoms with Gasteiger partial charge in [0, 0.05) is 10.0 Å². The zero-order valence-corrected chi connectivity index (χ0v) is 28.4. The lowest BCUT2D eigenvalue weighted by atomic mass is 9.96. The number of halogens is 2. The summed E-state index contributed by atoms with van der Waals surface area (Å²) in [6, 6.07) is 23.0. The third-order valence-corrected chi connectivity index (χ3v) is 8.26. The van der Waals surface area contributed by atoms with Crippen molar-refractivity contribution in [2.75, 3.05) is 13.7 Å². The first-order chi connectivity index (χ1) is 21.2. The molecule has 0 aliphatic carbocycles. The Balaban J connectivity index is 1.59. The second-order valence-electron chi connectivity index (χ2n) is 10.6. The van der Waals surface area contributed by atoms with Crippen LogP contribution in [0.5, 0.6) is 17.2 Å². The van der Waals surface area contributed by atoms with Gasteiger partial charge in [0.05, 0.1) is 35.3 Å². The SMILES string of the molecule is CCOc1cc(C=Nn2c(-c3cc(C(C)C)c(OC)cc3C)nc3ccccc3c2=O)cc(Br)c1OCc1ccc(Br)cc1. The van der Waals surface area contributed by atoms with E-state index in [4.69, 9.17) is 24.3 Å². The van der Waals surface area contributed by atoms with Crippen LogP contribution in [0.2, 0.25) is 0 Å². The van der Waals surface area contributed by atoms with Gasteiger partial charge in [-0.05, 0) is 106 Å². The van der Waals surface area contributed by atoms with Crippen LogP contribution in [-0.4, -0.2) is 29.6 Å². The van der Waals surface area contributed by atoms with Crippen molar-refractivity contribution in [2.45, 2.75) is 40.2 Å². The molecule has 5 aromatic rings. The smallest absolute Gasteiger partial charge is 0.282 e. The highest BCUT2D eigenvalue weighted by Gasteiger charge is 2.19. The number of fused-ring (bicyclic) bond motifs is 1. The molecule has 226 valence electrons. The summed E-state index contributed by atoms with van der Waals surface area (Å²) in [6.07, 6.45) is 1.63. The first kappa shape index (κ1) is 31.5. The minimum absolute atomic E-state index is 0.201. The molecule has 0 bridgehead atoms. The van der Waals surface area contributed by atoms with E-state index in [2.05, 4.69) is 45.7 Å². The second-order valence-corrected chi connectivity index (χ2v) is 12.3. The Labute approximate surface area is 273 Å². The van der Waals surface area contributed by atoms with Crippen molar-refractivity contribution in [1.82, 2.24) is 9.66 Å². The molecular weight excluding hydrogens is 686 g/mol. The Hall–Kier alpha value is -3.95. The molecule has 0 spiro atoms. The molecule has 0 aliphatic heterocycles. The number of aromatic nitrogens is 2. The second kappa shape index (κ2) is 13.8. The van der Waals surface area contributed by atoms with Gasteiger partial charge >= 0.3 is 0 Å². The number of hydrogen-bond acceptors (Lipinski definition) is 6. The van der Waals surface area contributed by atoms with Crippen LogP contribution in [0.1, 0.15) is 48.9 Å². The molecule has 0 radical (unpaired) electrons. The lowest BCUT2D eigenvalue weighted by Crippen LogP contribution is -2.20. The molecule has 5 rings (SSSR count). The van der Waals surface area contributed by atoms with Crippen LogP contribution in [0.4, 0.5) is 0 Å². The molecule has 0 aliphatic rings. The van der Waals surface area contributed by atoms with E-state index in [9.17, 15) is 4.79 Å². The van der Waals surface area contributed by atoms with E-state index in [0.717, 1.165) is 38.0 Å². The summed E-state index contributed by atoms with van der Waals surface area (Å²) in [6.45, 7) is 8.94. The van der Waals surface area contributed by atoms with Crippen LogP contribution >= 0.6 is 31.9 Å². The van der Waals surface area contributed by atoms with Gasteiger partial charge < -0.3 is 14.2 Å². The predicted molar refractivity (Wildman–Crippen MR) is 184 cm³/mol. The molecule has 4 aromatic carbocycles. The van der Waals surface area contributed by atoms with Crippen molar-refractivity contribution in [2.24, 2.45) is 5.10 Å². The summed E-state index contributed by atoms with van der Waals surface area (Å²) in [4.78, 5) is 18.8. The van der Waals surface area contributed by atoms with Crippen molar-refractivity contribution in [1.29, 1.82) is 0 Å². The van der Waals surface area contributed by atoms with Gasteiger partial charge in [0.2, 0.25) is 0 Å². The molecule has 0 atom stereocenters. The lowest BCUT2D eigenvalue weighted by Gasteiger charge is -2.17. The zero-order valence-electron chi connectivity index (χ0n) is 25.2. The highest BCUT2D eigenvalue weighted by Crippen LogP contribution is 2.38. The molecule has 1 aromatic heterocycles. The average molecular weight is 719 g/mol. The van der Waals surface area contributed by atoms with Crippen LogP contribution in [0.25, 0.3) is 22.3 Å². The van der Waals surface area contributed by atoms with Crippen molar-refractivity contribution < 1.29 is 14.2 Å². The largest absolute Gasteiger partial charge is 0.496 e. The van der Waals surface area contributed by atoms with Gasteiger partial charge in [-0.15, -0.1) is 0 Å². The summed E-state index contributed by atoms with van der Waals surface area (Å²) in [7, 11) is 1.67. The maximum absolute atomic E-state index is 13.9. The third kappa shape index (κ3) is 6.74. The minimum Gasteiger partial charge on any atom is -0.496 e. The summed E-state index contributed by atoms with van der Waals surface area (Å²) in [5.74, 6) is 2.61. The van der Waals surface area contributed by atoms with Gasteiger partial charge in [-0.25, -0.2) is 4.98 Å². The van der Waals surface area contributed by atoms with E-state index in [1.807, 2.05) is 80.6 Å². The Morgan fingerprint density at radius 1 is 0.977 bits per heavy atom. The third-order valence-electron chi connectivity index (χ3n) is 7.14. The molecule has 44 heavy (non-hydrogen) atoms. The Bertz CT molecular complexity index is 1900.